The van der Waals surface area contributed by atoms with E-state index < -0.39 is 0 Å². The molecule has 3 nitrogen and oxygen atoms in total. The minimum absolute atomic E-state index is 0.595. The second-order valence-corrected chi connectivity index (χ2v) is 3.73. The van der Waals surface area contributed by atoms with Crippen LogP contribution in [0.25, 0.3) is 0 Å². The van der Waals surface area contributed by atoms with Crippen molar-refractivity contribution in [2.75, 3.05) is 11.9 Å². The minimum atomic E-state index is 0.595. The highest BCUT2D eigenvalue weighted by molar-refractivity contribution is 9.09. The highest BCUT2D eigenvalue weighted by Gasteiger charge is 1.94. The lowest BCUT2D eigenvalue weighted by Gasteiger charge is -2.04. The fourth-order valence-corrected chi connectivity index (χ4v) is 1.45. The summed E-state index contributed by atoms with van der Waals surface area (Å²) in [5.74, 6) is 0.800. The molecule has 0 aromatic heterocycles. The lowest BCUT2D eigenvalue weighted by molar-refractivity contribution is 0.310. The van der Waals surface area contributed by atoms with E-state index in [1.165, 1.54) is 6.08 Å². The van der Waals surface area contributed by atoms with Crippen molar-refractivity contribution < 1.29 is 9.53 Å². The number of aliphatic imine (C=N–C) groups is 1. The van der Waals surface area contributed by atoms with Crippen molar-refractivity contribution in [2.45, 2.75) is 12.8 Å². The number of nitrogens with zero attached hydrogens (tertiary/aromatic N) is 1. The van der Waals surface area contributed by atoms with E-state index in [0.717, 1.165) is 23.9 Å². The molecule has 1 rings (SSSR count). The molecule has 0 atom stereocenters. The van der Waals surface area contributed by atoms with Crippen molar-refractivity contribution in [1.82, 2.24) is 0 Å². The number of hydrogen-bond acceptors (Lipinski definition) is 3. The molecule has 15 heavy (non-hydrogen) atoms. The molecule has 0 aliphatic heterocycles. The summed E-state index contributed by atoms with van der Waals surface area (Å²) in [6, 6.07) is 7.05. The summed E-state index contributed by atoms with van der Waals surface area (Å²) in [4.78, 5) is 13.5. The van der Waals surface area contributed by atoms with Gasteiger partial charge in [0.15, 0.2) is 0 Å². The lowest BCUT2D eigenvalue weighted by Crippen LogP contribution is -1.96. The third-order valence-electron chi connectivity index (χ3n) is 1.81. The van der Waals surface area contributed by atoms with Gasteiger partial charge in [-0.25, -0.2) is 4.79 Å². The Balaban J connectivity index is 2.39. The van der Waals surface area contributed by atoms with E-state index in [-0.39, 0.29) is 0 Å². The van der Waals surface area contributed by atoms with Gasteiger partial charge in [0, 0.05) is 5.33 Å². The lowest BCUT2D eigenvalue weighted by atomic mass is 10.3. The van der Waals surface area contributed by atoms with Gasteiger partial charge in [0.05, 0.1) is 12.3 Å². The van der Waals surface area contributed by atoms with Gasteiger partial charge in [-0.3, -0.25) is 0 Å². The summed E-state index contributed by atoms with van der Waals surface area (Å²) < 4.78 is 5.48. The summed E-state index contributed by atoms with van der Waals surface area (Å²) in [6.07, 6.45) is 3.62. The maximum atomic E-state index is 9.98. The van der Waals surface area contributed by atoms with Gasteiger partial charge in [-0.05, 0) is 37.1 Å². The molecule has 0 bridgehead atoms. The van der Waals surface area contributed by atoms with Crippen molar-refractivity contribution in [3.63, 3.8) is 0 Å². The van der Waals surface area contributed by atoms with Gasteiger partial charge in [-0.15, -0.1) is 0 Å². The van der Waals surface area contributed by atoms with E-state index >= 15 is 0 Å². The molecule has 0 fully saturated rings. The van der Waals surface area contributed by atoms with E-state index in [1.54, 1.807) is 24.3 Å². The monoisotopic (exact) mass is 269 g/mol. The Labute approximate surface area is 97.3 Å². The van der Waals surface area contributed by atoms with Crippen LogP contribution >= 0.6 is 15.9 Å². The van der Waals surface area contributed by atoms with Gasteiger partial charge in [0.25, 0.3) is 0 Å². The molecule has 80 valence electrons. The summed E-state index contributed by atoms with van der Waals surface area (Å²) in [6.45, 7) is 0.710. The first-order chi connectivity index (χ1) is 7.36. The number of rotatable bonds is 6. The second-order valence-electron chi connectivity index (χ2n) is 2.94. The van der Waals surface area contributed by atoms with Crippen LogP contribution in [0.3, 0.4) is 0 Å². The highest BCUT2D eigenvalue weighted by atomic mass is 79.9. The van der Waals surface area contributed by atoms with Crippen LogP contribution in [-0.4, -0.2) is 18.0 Å². The van der Waals surface area contributed by atoms with Gasteiger partial charge in [-0.1, -0.05) is 15.9 Å². The molecule has 0 saturated heterocycles. The Morgan fingerprint density at radius 1 is 1.27 bits per heavy atom. The summed E-state index contributed by atoms with van der Waals surface area (Å²) in [5.41, 5.74) is 0.595. The molecule has 0 N–H and O–H groups in total. The Hall–Kier alpha value is -1.12. The predicted molar refractivity (Wildman–Crippen MR) is 62.7 cm³/mol. The SMILES string of the molecule is O=C=Nc1ccc(OCCCCBr)cc1. The molecule has 4 heteroatoms. The van der Waals surface area contributed by atoms with E-state index in [4.69, 9.17) is 4.74 Å². The number of hydrogen-bond donors (Lipinski definition) is 0. The molecule has 0 spiro atoms. The van der Waals surface area contributed by atoms with Crippen molar-refractivity contribution in [1.29, 1.82) is 0 Å². The van der Waals surface area contributed by atoms with Crippen molar-refractivity contribution in [3.8, 4) is 5.75 Å². The maximum Gasteiger partial charge on any atom is 0.240 e. The number of benzene rings is 1. The normalized spacial score (nSPS) is 9.40. The zero-order valence-electron chi connectivity index (χ0n) is 8.28. The summed E-state index contributed by atoms with van der Waals surface area (Å²) >= 11 is 3.36. The molecule has 1 aromatic rings. The standard InChI is InChI=1S/C11H12BrNO2/c12-7-1-2-8-15-11-5-3-10(4-6-11)13-9-14/h3-6H,1-2,7-8H2. The molecule has 0 aliphatic rings. The van der Waals surface area contributed by atoms with Gasteiger partial charge < -0.3 is 4.74 Å². The average molecular weight is 270 g/mol. The van der Waals surface area contributed by atoms with Gasteiger partial charge >= 0.3 is 0 Å². The van der Waals surface area contributed by atoms with Crippen LogP contribution in [0.4, 0.5) is 5.69 Å². The number of carbonyl (C=O) groups excluding carboxylic acids is 1. The number of ether oxygens (including phenoxy) is 1. The molecular formula is C11H12BrNO2. The quantitative estimate of drug-likeness (QED) is 0.344. The third kappa shape index (κ3) is 4.77. The third-order valence-corrected chi connectivity index (χ3v) is 2.37. The van der Waals surface area contributed by atoms with Crippen LogP contribution in [0.2, 0.25) is 0 Å². The first-order valence-electron chi connectivity index (χ1n) is 4.73. The fourth-order valence-electron chi connectivity index (χ4n) is 1.06. The second kappa shape index (κ2) is 7.21. The average Bonchev–Trinajstić information content (AvgIpc) is 2.27. The van der Waals surface area contributed by atoms with Gasteiger partial charge in [0.2, 0.25) is 6.08 Å². The Morgan fingerprint density at radius 3 is 2.60 bits per heavy atom. The van der Waals surface area contributed by atoms with Crippen LogP contribution < -0.4 is 4.74 Å². The Kier molecular flexibility index (Phi) is 5.74. The van der Waals surface area contributed by atoms with Crippen LogP contribution in [0.1, 0.15) is 12.8 Å². The zero-order valence-corrected chi connectivity index (χ0v) is 9.87. The topological polar surface area (TPSA) is 38.7 Å². The van der Waals surface area contributed by atoms with E-state index in [9.17, 15) is 4.79 Å². The van der Waals surface area contributed by atoms with E-state index in [1.807, 2.05) is 0 Å². The number of alkyl halides is 1. The Bertz CT molecular complexity index is 331. The molecule has 0 unspecified atom stereocenters. The summed E-state index contributed by atoms with van der Waals surface area (Å²) in [5, 5.41) is 1.00. The molecule has 1 aromatic carbocycles. The largest absolute Gasteiger partial charge is 0.494 e. The van der Waals surface area contributed by atoms with Crippen LogP contribution in [0.15, 0.2) is 29.3 Å². The van der Waals surface area contributed by atoms with Crippen molar-refractivity contribution in [2.24, 2.45) is 4.99 Å². The molecule has 0 heterocycles. The molecule has 0 aliphatic carbocycles. The molecule has 0 saturated carbocycles. The van der Waals surface area contributed by atoms with Crippen molar-refractivity contribution in [3.05, 3.63) is 24.3 Å². The number of isocyanates is 1. The fraction of sp³-hybridized carbons (Fsp3) is 0.364. The number of unbranched alkanes of at least 4 members (excludes halogenated alkanes) is 1. The highest BCUT2D eigenvalue weighted by Crippen LogP contribution is 2.17. The first-order valence-corrected chi connectivity index (χ1v) is 5.85. The van der Waals surface area contributed by atoms with Crippen LogP contribution in [0, 0.1) is 0 Å². The first kappa shape index (κ1) is 12.0. The van der Waals surface area contributed by atoms with Crippen LogP contribution in [0.5, 0.6) is 5.75 Å². The van der Waals surface area contributed by atoms with Crippen LogP contribution in [-0.2, 0) is 4.79 Å². The van der Waals surface area contributed by atoms with E-state index in [0.29, 0.717) is 12.3 Å². The van der Waals surface area contributed by atoms with E-state index in [2.05, 4.69) is 20.9 Å². The Morgan fingerprint density at radius 2 is 2.00 bits per heavy atom. The maximum absolute atomic E-state index is 9.98. The molecular weight excluding hydrogens is 258 g/mol. The van der Waals surface area contributed by atoms with Gasteiger partial charge in [-0.2, -0.15) is 4.99 Å². The molecule has 0 radical (unpaired) electrons. The number of halogens is 1. The summed E-state index contributed by atoms with van der Waals surface area (Å²) in [7, 11) is 0. The van der Waals surface area contributed by atoms with Gasteiger partial charge in [0.1, 0.15) is 5.75 Å². The van der Waals surface area contributed by atoms with Crippen molar-refractivity contribution >= 4 is 27.7 Å². The predicted octanol–water partition coefficient (Wildman–Crippen LogP) is 3.21. The smallest absolute Gasteiger partial charge is 0.240 e. The zero-order chi connectivity index (χ0) is 10.9. The minimum Gasteiger partial charge on any atom is -0.494 e. The molecule has 0 amide bonds.